The second-order valence-electron chi connectivity index (χ2n) is 4.39. The summed E-state index contributed by atoms with van der Waals surface area (Å²) in [5.74, 6) is -0.369. The number of rotatable bonds is 3. The van der Waals surface area contributed by atoms with Crippen LogP contribution in [0.2, 0.25) is 0 Å². The molecule has 0 bridgehead atoms. The van der Waals surface area contributed by atoms with Crippen LogP contribution < -0.4 is 11.2 Å². The maximum atomic E-state index is 12.0. The van der Waals surface area contributed by atoms with Gasteiger partial charge < -0.3 is 0 Å². The molecule has 2 aromatic heterocycles. The minimum absolute atomic E-state index is 0.00458. The van der Waals surface area contributed by atoms with Crippen molar-refractivity contribution in [2.24, 2.45) is 7.05 Å². The Bertz CT molecular complexity index is 792. The van der Waals surface area contributed by atoms with Crippen LogP contribution in [0.15, 0.2) is 38.7 Å². The molecule has 0 aliphatic heterocycles. The SMILES string of the molecule is CC(=O)c1cn(Cc2cncc(Br)c2)c(=O)n(C)c1=O. The van der Waals surface area contributed by atoms with Gasteiger partial charge in [0.2, 0.25) is 0 Å². The summed E-state index contributed by atoms with van der Waals surface area (Å²) < 4.78 is 3.05. The second kappa shape index (κ2) is 5.54. The molecule has 0 amide bonds. The average Bonchev–Trinajstić information content (AvgIpc) is 2.39. The van der Waals surface area contributed by atoms with Crippen molar-refractivity contribution in [2.45, 2.75) is 13.5 Å². The summed E-state index contributed by atoms with van der Waals surface area (Å²) >= 11 is 3.30. The molecule has 2 rings (SSSR count). The average molecular weight is 338 g/mol. The van der Waals surface area contributed by atoms with E-state index in [-0.39, 0.29) is 17.9 Å². The van der Waals surface area contributed by atoms with E-state index in [1.807, 2.05) is 6.07 Å². The summed E-state index contributed by atoms with van der Waals surface area (Å²) in [6.45, 7) is 1.53. The minimum Gasteiger partial charge on any atom is -0.295 e. The zero-order valence-electron chi connectivity index (χ0n) is 11.0. The third kappa shape index (κ3) is 2.77. The Hall–Kier alpha value is -2.02. The van der Waals surface area contributed by atoms with Gasteiger partial charge in [-0.2, -0.15) is 0 Å². The first-order valence-electron chi connectivity index (χ1n) is 5.81. The Labute approximate surface area is 122 Å². The van der Waals surface area contributed by atoms with Gasteiger partial charge in [0.25, 0.3) is 5.56 Å². The largest absolute Gasteiger partial charge is 0.331 e. The fraction of sp³-hybridized carbons (Fsp3) is 0.231. The summed E-state index contributed by atoms with van der Waals surface area (Å²) in [5.41, 5.74) is -0.268. The molecule has 20 heavy (non-hydrogen) atoms. The number of nitrogens with zero attached hydrogens (tertiary/aromatic N) is 3. The number of aromatic nitrogens is 3. The highest BCUT2D eigenvalue weighted by molar-refractivity contribution is 9.10. The van der Waals surface area contributed by atoms with Crippen molar-refractivity contribution < 1.29 is 4.79 Å². The maximum absolute atomic E-state index is 12.0. The number of carbonyl (C=O) groups excluding carboxylic acids is 1. The lowest BCUT2D eigenvalue weighted by Crippen LogP contribution is -2.40. The van der Waals surface area contributed by atoms with Crippen LogP contribution in [-0.4, -0.2) is 19.9 Å². The fourth-order valence-corrected chi connectivity index (χ4v) is 2.23. The first kappa shape index (κ1) is 14.4. The Morgan fingerprint density at radius 2 is 2.05 bits per heavy atom. The van der Waals surface area contributed by atoms with Crippen molar-refractivity contribution in [1.82, 2.24) is 14.1 Å². The number of carbonyl (C=O) groups is 1. The van der Waals surface area contributed by atoms with Crippen molar-refractivity contribution in [3.05, 3.63) is 61.1 Å². The van der Waals surface area contributed by atoms with Crippen LogP contribution in [0, 0.1) is 0 Å². The number of hydrogen-bond donors (Lipinski definition) is 0. The van der Waals surface area contributed by atoms with Crippen molar-refractivity contribution in [3.63, 3.8) is 0 Å². The van der Waals surface area contributed by atoms with Gasteiger partial charge in [-0.05, 0) is 34.5 Å². The molecule has 6 nitrogen and oxygen atoms in total. The van der Waals surface area contributed by atoms with Crippen LogP contribution in [0.1, 0.15) is 22.8 Å². The van der Waals surface area contributed by atoms with Gasteiger partial charge in [0, 0.05) is 30.1 Å². The molecule has 2 heterocycles. The van der Waals surface area contributed by atoms with Gasteiger partial charge in [0.05, 0.1) is 12.1 Å². The zero-order valence-corrected chi connectivity index (χ0v) is 12.5. The van der Waals surface area contributed by atoms with E-state index in [0.29, 0.717) is 0 Å². The molecule has 0 aromatic carbocycles. The van der Waals surface area contributed by atoms with E-state index in [9.17, 15) is 14.4 Å². The van der Waals surface area contributed by atoms with Crippen molar-refractivity contribution in [1.29, 1.82) is 0 Å². The molecule has 0 saturated carbocycles. The van der Waals surface area contributed by atoms with Gasteiger partial charge >= 0.3 is 5.69 Å². The van der Waals surface area contributed by atoms with Crippen molar-refractivity contribution in [2.75, 3.05) is 0 Å². The molecule has 0 atom stereocenters. The summed E-state index contributed by atoms with van der Waals surface area (Å²) in [5, 5.41) is 0. The predicted molar refractivity (Wildman–Crippen MR) is 77.0 cm³/mol. The lowest BCUT2D eigenvalue weighted by molar-refractivity contribution is 0.101. The van der Waals surface area contributed by atoms with Crippen LogP contribution in [-0.2, 0) is 13.6 Å². The van der Waals surface area contributed by atoms with Crippen LogP contribution in [0.3, 0.4) is 0 Å². The summed E-state index contributed by atoms with van der Waals surface area (Å²) in [6.07, 6.45) is 4.55. The highest BCUT2D eigenvalue weighted by Gasteiger charge is 2.12. The van der Waals surface area contributed by atoms with Crippen LogP contribution in [0.5, 0.6) is 0 Å². The lowest BCUT2D eigenvalue weighted by atomic mass is 10.2. The first-order valence-corrected chi connectivity index (χ1v) is 6.60. The number of hydrogen-bond acceptors (Lipinski definition) is 4. The molecule has 0 aliphatic rings. The Morgan fingerprint density at radius 1 is 1.35 bits per heavy atom. The van der Waals surface area contributed by atoms with Crippen molar-refractivity contribution in [3.8, 4) is 0 Å². The molecule has 0 spiro atoms. The number of Topliss-reactive ketones (excluding diaryl/α,β-unsaturated/α-hetero) is 1. The Kier molecular flexibility index (Phi) is 3.99. The van der Waals surface area contributed by atoms with E-state index in [1.165, 1.54) is 24.7 Å². The van der Waals surface area contributed by atoms with Gasteiger partial charge in [-0.3, -0.25) is 23.7 Å². The molecular weight excluding hydrogens is 326 g/mol. The summed E-state index contributed by atoms with van der Waals surface area (Å²) in [6, 6.07) is 1.82. The summed E-state index contributed by atoms with van der Waals surface area (Å²) in [4.78, 5) is 39.3. The third-order valence-electron chi connectivity index (χ3n) is 2.85. The van der Waals surface area contributed by atoms with Crippen LogP contribution in [0.4, 0.5) is 0 Å². The van der Waals surface area contributed by atoms with Gasteiger partial charge in [0.15, 0.2) is 5.78 Å². The molecule has 0 radical (unpaired) electrons. The molecule has 0 unspecified atom stereocenters. The van der Waals surface area contributed by atoms with Crippen LogP contribution in [0.25, 0.3) is 0 Å². The van der Waals surface area contributed by atoms with E-state index < -0.39 is 11.2 Å². The monoisotopic (exact) mass is 337 g/mol. The molecule has 7 heteroatoms. The van der Waals surface area contributed by atoms with E-state index in [0.717, 1.165) is 14.6 Å². The minimum atomic E-state index is -0.578. The molecule has 0 N–H and O–H groups in total. The zero-order chi connectivity index (χ0) is 14.9. The maximum Gasteiger partial charge on any atom is 0.331 e. The van der Waals surface area contributed by atoms with E-state index in [1.54, 1.807) is 12.4 Å². The third-order valence-corrected chi connectivity index (χ3v) is 3.28. The van der Waals surface area contributed by atoms with E-state index in [2.05, 4.69) is 20.9 Å². The topological polar surface area (TPSA) is 74.0 Å². The molecule has 104 valence electrons. The smallest absolute Gasteiger partial charge is 0.295 e. The highest BCUT2D eigenvalue weighted by Crippen LogP contribution is 2.10. The normalized spacial score (nSPS) is 10.6. The molecule has 2 aromatic rings. The van der Waals surface area contributed by atoms with Gasteiger partial charge in [0.1, 0.15) is 0 Å². The Morgan fingerprint density at radius 3 is 2.65 bits per heavy atom. The van der Waals surface area contributed by atoms with E-state index >= 15 is 0 Å². The van der Waals surface area contributed by atoms with Crippen LogP contribution >= 0.6 is 15.9 Å². The van der Waals surface area contributed by atoms with Gasteiger partial charge in [-0.15, -0.1) is 0 Å². The molecule has 0 saturated heterocycles. The number of pyridine rings is 1. The van der Waals surface area contributed by atoms with E-state index in [4.69, 9.17) is 0 Å². The molecular formula is C13H12BrN3O3. The fourth-order valence-electron chi connectivity index (χ4n) is 1.82. The molecule has 0 fully saturated rings. The molecule has 0 aliphatic carbocycles. The Balaban J connectivity index is 2.55. The highest BCUT2D eigenvalue weighted by atomic mass is 79.9. The van der Waals surface area contributed by atoms with Gasteiger partial charge in [-0.1, -0.05) is 0 Å². The standard InChI is InChI=1S/C13H12BrN3O3/c1-8(18)11-7-17(13(20)16(2)12(11)19)6-9-3-10(14)5-15-4-9/h3-5,7H,6H2,1-2H3. The second-order valence-corrected chi connectivity index (χ2v) is 5.30. The van der Waals surface area contributed by atoms with Crippen molar-refractivity contribution >= 4 is 21.7 Å². The first-order chi connectivity index (χ1) is 9.40. The lowest BCUT2D eigenvalue weighted by Gasteiger charge is -2.09. The number of halogens is 1. The predicted octanol–water partition coefficient (Wildman–Crippen LogP) is 0.955. The number of ketones is 1. The van der Waals surface area contributed by atoms with Gasteiger partial charge in [-0.25, -0.2) is 4.79 Å². The quantitative estimate of drug-likeness (QED) is 0.782. The summed E-state index contributed by atoms with van der Waals surface area (Å²) in [7, 11) is 1.35.